The van der Waals surface area contributed by atoms with Crippen molar-refractivity contribution in [1.82, 2.24) is 10.2 Å². The standard InChI is InChI=1S/C34H33Cl2F2N3O2/c1-33(2,22-13-15-41(16-14-22)19-21-7-4-3-5-8-21)18-28-34(20-39,25-12-11-23(35)17-27(25)37)29(31(40-28)32(42)43)24-9-6-10-26(36)30(24)38/h3-13,17,28-29,31,40H,14-16,18-19H2,1-2H3,(H,42,43)/t28-,29-,31+,34-/m0/s1. The van der Waals surface area contributed by atoms with Crippen LogP contribution in [0.2, 0.25) is 10.0 Å². The molecule has 0 spiro atoms. The Morgan fingerprint density at radius 2 is 1.88 bits per heavy atom. The highest BCUT2D eigenvalue weighted by atomic mass is 35.5. The number of carboxylic acid groups (broad SMARTS) is 1. The smallest absolute Gasteiger partial charge is 0.321 e. The van der Waals surface area contributed by atoms with E-state index in [2.05, 4.69) is 48.3 Å². The fourth-order valence-corrected chi connectivity index (χ4v) is 7.22. The molecule has 3 aromatic carbocycles. The minimum Gasteiger partial charge on any atom is -0.480 e. The van der Waals surface area contributed by atoms with Crippen LogP contribution in [0.25, 0.3) is 0 Å². The first-order valence-electron chi connectivity index (χ1n) is 14.2. The maximum absolute atomic E-state index is 15.8. The van der Waals surface area contributed by atoms with Crippen LogP contribution in [0, 0.1) is 28.4 Å². The molecule has 1 fully saturated rings. The minimum absolute atomic E-state index is 0.0347. The van der Waals surface area contributed by atoms with Gasteiger partial charge in [-0.05, 0) is 47.6 Å². The molecule has 224 valence electrons. The average Bonchev–Trinajstić information content (AvgIpc) is 3.29. The number of hydrogen-bond acceptors (Lipinski definition) is 4. The lowest BCUT2D eigenvalue weighted by Crippen LogP contribution is -2.46. The molecule has 9 heteroatoms. The van der Waals surface area contributed by atoms with Gasteiger partial charge < -0.3 is 5.11 Å². The van der Waals surface area contributed by atoms with E-state index in [1.165, 1.54) is 41.5 Å². The summed E-state index contributed by atoms with van der Waals surface area (Å²) in [5.41, 5.74) is 0.0221. The highest BCUT2D eigenvalue weighted by Crippen LogP contribution is 2.53. The first kappa shape index (κ1) is 31.2. The van der Waals surface area contributed by atoms with E-state index in [1.807, 2.05) is 18.2 Å². The van der Waals surface area contributed by atoms with Gasteiger partial charge in [-0.15, -0.1) is 0 Å². The van der Waals surface area contributed by atoms with Crippen molar-refractivity contribution in [3.8, 4) is 6.07 Å². The summed E-state index contributed by atoms with van der Waals surface area (Å²) in [6.07, 6.45) is 3.28. The number of rotatable bonds is 8. The van der Waals surface area contributed by atoms with E-state index in [1.54, 1.807) is 0 Å². The molecule has 0 radical (unpaired) electrons. The van der Waals surface area contributed by atoms with E-state index in [9.17, 15) is 15.2 Å². The van der Waals surface area contributed by atoms with Gasteiger partial charge in [-0.25, -0.2) is 8.78 Å². The fraction of sp³-hybridized carbons (Fsp3) is 0.353. The van der Waals surface area contributed by atoms with Crippen molar-refractivity contribution < 1.29 is 18.7 Å². The molecular formula is C34H33Cl2F2N3O2. The summed E-state index contributed by atoms with van der Waals surface area (Å²) in [5, 5.41) is 24.4. The zero-order valence-corrected chi connectivity index (χ0v) is 25.5. The van der Waals surface area contributed by atoms with E-state index in [0.717, 1.165) is 32.1 Å². The van der Waals surface area contributed by atoms with E-state index < -0.39 is 46.4 Å². The lowest BCUT2D eigenvalue weighted by Gasteiger charge is -2.40. The van der Waals surface area contributed by atoms with Crippen molar-refractivity contribution in [1.29, 1.82) is 5.26 Å². The summed E-state index contributed by atoms with van der Waals surface area (Å²) in [6.45, 7) is 6.52. The molecule has 1 saturated heterocycles. The van der Waals surface area contributed by atoms with Crippen LogP contribution in [0.4, 0.5) is 8.78 Å². The zero-order chi connectivity index (χ0) is 30.9. The molecule has 5 rings (SSSR count). The molecule has 2 aliphatic heterocycles. The lowest BCUT2D eigenvalue weighted by atomic mass is 9.61. The molecule has 4 atom stereocenters. The Morgan fingerprint density at radius 3 is 2.51 bits per heavy atom. The number of aliphatic carboxylic acids is 1. The maximum Gasteiger partial charge on any atom is 0.321 e. The van der Waals surface area contributed by atoms with Gasteiger partial charge in [0, 0.05) is 42.2 Å². The topological polar surface area (TPSA) is 76.4 Å². The number of nitrogens with zero attached hydrogens (tertiary/aromatic N) is 2. The van der Waals surface area contributed by atoms with Gasteiger partial charge in [-0.1, -0.05) is 97.2 Å². The Morgan fingerprint density at radius 1 is 1.14 bits per heavy atom. The molecule has 3 aromatic rings. The molecule has 5 nitrogen and oxygen atoms in total. The number of halogens is 4. The molecule has 0 bridgehead atoms. The Balaban J connectivity index is 1.55. The monoisotopic (exact) mass is 623 g/mol. The van der Waals surface area contributed by atoms with Gasteiger partial charge in [-0.2, -0.15) is 5.26 Å². The summed E-state index contributed by atoms with van der Waals surface area (Å²) in [6, 6.07) is 18.6. The molecule has 2 N–H and O–H groups in total. The van der Waals surface area contributed by atoms with Gasteiger partial charge in [0.2, 0.25) is 0 Å². The Bertz CT molecular complexity index is 1590. The van der Waals surface area contributed by atoms with Crippen molar-refractivity contribution in [3.05, 3.63) is 117 Å². The summed E-state index contributed by atoms with van der Waals surface area (Å²) in [7, 11) is 0. The van der Waals surface area contributed by atoms with Crippen LogP contribution in [-0.4, -0.2) is 41.1 Å². The largest absolute Gasteiger partial charge is 0.480 e. The second-order valence-corrected chi connectivity index (χ2v) is 12.9. The van der Waals surface area contributed by atoms with Crippen molar-refractivity contribution in [3.63, 3.8) is 0 Å². The first-order valence-corrected chi connectivity index (χ1v) is 15.0. The fourth-order valence-electron chi connectivity index (χ4n) is 6.88. The number of carboxylic acids is 1. The predicted molar refractivity (Wildman–Crippen MR) is 164 cm³/mol. The van der Waals surface area contributed by atoms with Crippen molar-refractivity contribution >= 4 is 29.2 Å². The van der Waals surface area contributed by atoms with E-state index in [4.69, 9.17) is 23.2 Å². The first-order chi connectivity index (χ1) is 20.5. The van der Waals surface area contributed by atoms with Crippen LogP contribution < -0.4 is 5.32 Å². The highest BCUT2D eigenvalue weighted by molar-refractivity contribution is 6.31. The lowest BCUT2D eigenvalue weighted by molar-refractivity contribution is -0.139. The van der Waals surface area contributed by atoms with Crippen molar-refractivity contribution in [2.45, 2.75) is 56.7 Å². The molecule has 2 heterocycles. The number of hydrogen-bond donors (Lipinski definition) is 2. The predicted octanol–water partition coefficient (Wildman–Crippen LogP) is 7.49. The van der Waals surface area contributed by atoms with E-state index in [-0.39, 0.29) is 21.2 Å². The number of nitriles is 1. The van der Waals surface area contributed by atoms with Crippen LogP contribution in [0.5, 0.6) is 0 Å². The van der Waals surface area contributed by atoms with Gasteiger partial charge >= 0.3 is 5.97 Å². The van der Waals surface area contributed by atoms with Gasteiger partial charge in [0.05, 0.1) is 11.1 Å². The molecule has 0 aliphatic carbocycles. The highest BCUT2D eigenvalue weighted by Gasteiger charge is 2.61. The van der Waals surface area contributed by atoms with Crippen LogP contribution in [0.15, 0.2) is 78.4 Å². The van der Waals surface area contributed by atoms with Crippen LogP contribution >= 0.6 is 23.2 Å². The van der Waals surface area contributed by atoms with Gasteiger partial charge in [0.25, 0.3) is 0 Å². The molecular weight excluding hydrogens is 591 g/mol. The zero-order valence-electron chi connectivity index (χ0n) is 24.0. The molecule has 0 unspecified atom stereocenters. The summed E-state index contributed by atoms with van der Waals surface area (Å²) >= 11 is 12.2. The third-order valence-corrected chi connectivity index (χ3v) is 9.55. The third-order valence-electron chi connectivity index (χ3n) is 9.02. The third kappa shape index (κ3) is 5.94. The van der Waals surface area contributed by atoms with Crippen LogP contribution in [0.3, 0.4) is 0 Å². The van der Waals surface area contributed by atoms with E-state index >= 15 is 8.78 Å². The number of benzene rings is 3. The quantitative estimate of drug-likeness (QED) is 0.254. The second kappa shape index (κ2) is 12.4. The molecule has 43 heavy (non-hydrogen) atoms. The maximum atomic E-state index is 15.8. The Kier molecular flexibility index (Phi) is 8.97. The number of nitrogens with one attached hydrogen (secondary N) is 1. The van der Waals surface area contributed by atoms with Gasteiger partial charge in [-0.3, -0.25) is 15.0 Å². The number of carbonyl (C=O) groups is 1. The van der Waals surface area contributed by atoms with E-state index in [0.29, 0.717) is 6.42 Å². The van der Waals surface area contributed by atoms with Crippen molar-refractivity contribution in [2.24, 2.45) is 5.41 Å². The molecule has 2 aliphatic rings. The van der Waals surface area contributed by atoms with Gasteiger partial charge in [0.1, 0.15) is 23.1 Å². The van der Waals surface area contributed by atoms with Crippen LogP contribution in [-0.2, 0) is 16.8 Å². The summed E-state index contributed by atoms with van der Waals surface area (Å²) in [4.78, 5) is 15.0. The SMILES string of the molecule is CC(C)(C[C@@H]1N[C@@H](C(=O)O)[C@H](c2cccc(Cl)c2F)[C@@]1(C#N)c1ccc(Cl)cc1F)C1=CCN(Cc2ccccc2)CC1. The molecule has 0 saturated carbocycles. The molecule has 0 amide bonds. The summed E-state index contributed by atoms with van der Waals surface area (Å²) < 4.78 is 31.4. The average molecular weight is 625 g/mol. The van der Waals surface area contributed by atoms with Crippen molar-refractivity contribution in [2.75, 3.05) is 13.1 Å². The second-order valence-electron chi connectivity index (χ2n) is 12.0. The Hall–Kier alpha value is -3.28. The summed E-state index contributed by atoms with van der Waals surface area (Å²) in [5.74, 6) is -4.14. The normalized spacial score (nSPS) is 24.4. The van der Waals surface area contributed by atoms with Crippen LogP contribution in [0.1, 0.15) is 49.3 Å². The minimum atomic E-state index is -1.80. The van der Waals surface area contributed by atoms with Gasteiger partial charge in [0.15, 0.2) is 0 Å². The Labute approximate surface area is 260 Å². The molecule has 0 aromatic heterocycles.